The molecule has 9 heteroatoms. The second kappa shape index (κ2) is 9.01. The van der Waals surface area contributed by atoms with Crippen LogP contribution in [0.4, 0.5) is 14.9 Å². The van der Waals surface area contributed by atoms with Gasteiger partial charge in [0.15, 0.2) is 0 Å². The molecule has 2 aromatic rings. The third-order valence-electron chi connectivity index (χ3n) is 6.13. The minimum atomic E-state index is -1.41. The van der Waals surface area contributed by atoms with Gasteiger partial charge in [0.1, 0.15) is 17.9 Å². The third kappa shape index (κ3) is 4.57. The summed E-state index contributed by atoms with van der Waals surface area (Å²) < 4.78 is 13.3. The lowest BCUT2D eigenvalue weighted by Crippen LogP contribution is -2.42. The van der Waals surface area contributed by atoms with E-state index in [1.165, 1.54) is 31.2 Å². The molecule has 1 unspecified atom stereocenters. The van der Waals surface area contributed by atoms with Gasteiger partial charge in [-0.15, -0.1) is 0 Å². The Morgan fingerprint density at radius 3 is 2.45 bits per heavy atom. The van der Waals surface area contributed by atoms with Crippen LogP contribution in [0.5, 0.6) is 0 Å². The summed E-state index contributed by atoms with van der Waals surface area (Å²) >= 11 is 0. The maximum Gasteiger partial charge on any atom is 0.325 e. The topological polar surface area (TPSA) is 108 Å². The maximum absolute atomic E-state index is 13.3. The van der Waals surface area contributed by atoms with Crippen LogP contribution in [0.3, 0.4) is 0 Å². The van der Waals surface area contributed by atoms with E-state index in [1.54, 1.807) is 24.3 Å². The number of rotatable bonds is 6. The molecule has 0 radical (unpaired) electrons. The fraction of sp³-hybridized carbons (Fsp3) is 0.333. The summed E-state index contributed by atoms with van der Waals surface area (Å²) in [5, 5.41) is 8.19. The van der Waals surface area contributed by atoms with Gasteiger partial charge in [0, 0.05) is 6.04 Å². The van der Waals surface area contributed by atoms with Crippen molar-refractivity contribution in [1.29, 1.82) is 0 Å². The lowest BCUT2D eigenvalue weighted by atomic mass is 9.92. The number of amides is 5. The van der Waals surface area contributed by atoms with Crippen molar-refractivity contribution in [1.82, 2.24) is 15.5 Å². The third-order valence-corrected chi connectivity index (χ3v) is 6.13. The molecule has 4 rings (SSSR count). The molecule has 1 heterocycles. The summed E-state index contributed by atoms with van der Waals surface area (Å²) in [4.78, 5) is 51.7. The minimum absolute atomic E-state index is 0.122. The molecule has 1 saturated heterocycles. The molecule has 8 nitrogen and oxygen atoms in total. The number of carbonyl (C=O) groups excluding carboxylic acids is 4. The second-order valence-corrected chi connectivity index (χ2v) is 8.50. The van der Waals surface area contributed by atoms with Crippen molar-refractivity contribution in [3.8, 4) is 0 Å². The highest BCUT2D eigenvalue weighted by Gasteiger charge is 2.49. The molecule has 2 aliphatic rings. The molecule has 1 atom stereocenters. The zero-order valence-electron chi connectivity index (χ0n) is 18.2. The van der Waals surface area contributed by atoms with E-state index < -0.39 is 35.7 Å². The van der Waals surface area contributed by atoms with Crippen LogP contribution in [-0.2, 0) is 15.1 Å². The van der Waals surface area contributed by atoms with Crippen LogP contribution in [0.15, 0.2) is 48.5 Å². The van der Waals surface area contributed by atoms with E-state index in [4.69, 9.17) is 0 Å². The van der Waals surface area contributed by atoms with E-state index in [2.05, 4.69) is 16.0 Å². The minimum Gasteiger partial charge on any atom is -0.349 e. The van der Waals surface area contributed by atoms with Crippen LogP contribution in [-0.4, -0.2) is 41.2 Å². The van der Waals surface area contributed by atoms with Gasteiger partial charge in [0.25, 0.3) is 11.8 Å². The normalized spacial score (nSPS) is 20.6. The van der Waals surface area contributed by atoms with Gasteiger partial charge in [0.05, 0.1) is 11.3 Å². The Morgan fingerprint density at radius 2 is 1.76 bits per heavy atom. The van der Waals surface area contributed by atoms with Crippen LogP contribution < -0.4 is 16.0 Å². The van der Waals surface area contributed by atoms with Gasteiger partial charge in [-0.1, -0.05) is 37.1 Å². The smallest absolute Gasteiger partial charge is 0.325 e. The highest BCUT2D eigenvalue weighted by Crippen LogP contribution is 2.29. The SMILES string of the molecule is CC1(c2ccc(F)cc2)NC(=O)N(CC(=O)Nc2ccccc2C(=O)NC2CCCC2)C1=O. The average molecular weight is 452 g/mol. The van der Waals surface area contributed by atoms with Gasteiger partial charge in [0.2, 0.25) is 5.91 Å². The molecule has 0 aromatic heterocycles. The average Bonchev–Trinajstić information content (AvgIpc) is 3.37. The van der Waals surface area contributed by atoms with Crippen LogP contribution in [0.25, 0.3) is 0 Å². The molecular formula is C24H25FN4O4. The number of para-hydroxylation sites is 1. The quantitative estimate of drug-likeness (QED) is 0.586. The van der Waals surface area contributed by atoms with E-state index in [0.29, 0.717) is 16.8 Å². The summed E-state index contributed by atoms with van der Waals surface area (Å²) in [7, 11) is 0. The lowest BCUT2D eigenvalue weighted by Gasteiger charge is -2.22. The van der Waals surface area contributed by atoms with Crippen molar-refractivity contribution in [2.45, 2.75) is 44.2 Å². The van der Waals surface area contributed by atoms with E-state index in [9.17, 15) is 23.6 Å². The molecule has 2 aromatic carbocycles. The van der Waals surface area contributed by atoms with Crippen molar-refractivity contribution in [3.63, 3.8) is 0 Å². The Kier molecular flexibility index (Phi) is 6.13. The molecule has 172 valence electrons. The number of anilines is 1. The monoisotopic (exact) mass is 452 g/mol. The van der Waals surface area contributed by atoms with Crippen LogP contribution in [0, 0.1) is 5.82 Å². The molecule has 5 amide bonds. The summed E-state index contributed by atoms with van der Waals surface area (Å²) in [6, 6.07) is 11.2. The Bertz CT molecular complexity index is 1100. The van der Waals surface area contributed by atoms with E-state index in [1.807, 2.05) is 0 Å². The van der Waals surface area contributed by atoms with Crippen molar-refractivity contribution >= 4 is 29.4 Å². The largest absolute Gasteiger partial charge is 0.349 e. The molecule has 1 aliphatic heterocycles. The number of benzene rings is 2. The number of carbonyl (C=O) groups is 4. The number of halogens is 1. The van der Waals surface area contributed by atoms with E-state index in [0.717, 1.165) is 30.6 Å². The standard InChI is InChI=1S/C24H25FN4O4/c1-24(15-10-12-16(25)13-11-15)22(32)29(23(33)28-24)14-20(30)27-19-9-5-4-8-18(19)21(31)26-17-6-2-3-7-17/h4-5,8-13,17H,2-3,6-7,14H2,1H3,(H,26,31)(H,27,30)(H,28,33). The van der Waals surface area contributed by atoms with E-state index in [-0.39, 0.29) is 11.9 Å². The highest BCUT2D eigenvalue weighted by atomic mass is 19.1. The maximum atomic E-state index is 13.3. The van der Waals surface area contributed by atoms with Gasteiger partial charge >= 0.3 is 6.03 Å². The number of nitrogens with one attached hydrogen (secondary N) is 3. The molecule has 3 N–H and O–H groups in total. The fourth-order valence-corrected chi connectivity index (χ4v) is 4.28. The van der Waals surface area contributed by atoms with Crippen LogP contribution in [0.1, 0.15) is 48.5 Å². The molecule has 0 bridgehead atoms. The van der Waals surface area contributed by atoms with Crippen LogP contribution >= 0.6 is 0 Å². The number of nitrogens with zero attached hydrogens (tertiary/aromatic N) is 1. The first-order valence-electron chi connectivity index (χ1n) is 10.9. The molecule has 0 spiro atoms. The number of hydrogen-bond acceptors (Lipinski definition) is 4. The molecule has 1 aliphatic carbocycles. The van der Waals surface area contributed by atoms with Gasteiger partial charge in [-0.05, 0) is 49.6 Å². The second-order valence-electron chi connectivity index (χ2n) is 8.50. The molecule has 2 fully saturated rings. The Labute approximate surface area is 190 Å². The molecule has 33 heavy (non-hydrogen) atoms. The van der Waals surface area contributed by atoms with E-state index >= 15 is 0 Å². The molecular weight excluding hydrogens is 427 g/mol. The zero-order chi connectivity index (χ0) is 23.6. The van der Waals surface area contributed by atoms with Gasteiger partial charge in [-0.2, -0.15) is 0 Å². The van der Waals surface area contributed by atoms with Crippen LogP contribution in [0.2, 0.25) is 0 Å². The summed E-state index contributed by atoms with van der Waals surface area (Å²) in [5.41, 5.74) is -0.402. The van der Waals surface area contributed by atoms with Crippen molar-refractivity contribution in [3.05, 3.63) is 65.5 Å². The highest BCUT2D eigenvalue weighted by molar-refractivity contribution is 6.11. The number of imide groups is 1. The Balaban J connectivity index is 1.45. The fourth-order valence-electron chi connectivity index (χ4n) is 4.28. The summed E-state index contributed by atoms with van der Waals surface area (Å²) in [5.74, 6) is -1.99. The van der Waals surface area contributed by atoms with Gasteiger partial charge < -0.3 is 16.0 Å². The number of urea groups is 1. The van der Waals surface area contributed by atoms with Gasteiger partial charge in [-0.3, -0.25) is 19.3 Å². The first-order valence-corrected chi connectivity index (χ1v) is 10.9. The van der Waals surface area contributed by atoms with Crippen molar-refractivity contribution < 1.29 is 23.6 Å². The zero-order valence-corrected chi connectivity index (χ0v) is 18.2. The van der Waals surface area contributed by atoms with Crippen molar-refractivity contribution in [2.24, 2.45) is 0 Å². The lowest BCUT2D eigenvalue weighted by molar-refractivity contribution is -0.133. The Hall–Kier alpha value is -3.75. The predicted octanol–water partition coefficient (Wildman–Crippen LogP) is 2.90. The van der Waals surface area contributed by atoms with Gasteiger partial charge in [-0.25, -0.2) is 9.18 Å². The first-order chi connectivity index (χ1) is 15.8. The summed E-state index contributed by atoms with van der Waals surface area (Å²) in [6.45, 7) is 0.973. The Morgan fingerprint density at radius 1 is 1.09 bits per heavy atom. The number of hydrogen-bond donors (Lipinski definition) is 3. The predicted molar refractivity (Wildman–Crippen MR) is 119 cm³/mol. The molecule has 1 saturated carbocycles. The van der Waals surface area contributed by atoms with Crippen molar-refractivity contribution in [2.75, 3.05) is 11.9 Å². The first kappa shape index (κ1) is 22.4. The summed E-state index contributed by atoms with van der Waals surface area (Å²) in [6.07, 6.45) is 4.01.